The summed E-state index contributed by atoms with van der Waals surface area (Å²) in [6, 6.07) is 4.24. The topological polar surface area (TPSA) is 0 Å². The van der Waals surface area contributed by atoms with Gasteiger partial charge >= 0.3 is 0 Å². The minimum absolute atomic E-state index is 0.352. The van der Waals surface area contributed by atoms with Crippen LogP contribution in [0.4, 0.5) is 8.78 Å². The molecule has 0 amide bonds. The van der Waals surface area contributed by atoms with E-state index in [9.17, 15) is 8.78 Å². The Bertz CT molecular complexity index is 407. The van der Waals surface area contributed by atoms with Gasteiger partial charge in [0, 0.05) is 5.54 Å². The maximum atomic E-state index is 13.1. The van der Waals surface area contributed by atoms with E-state index in [4.69, 9.17) is 11.6 Å². The molecule has 0 bridgehead atoms. The second-order valence-electron chi connectivity index (χ2n) is 4.60. The molecule has 0 aliphatic heterocycles. The van der Waals surface area contributed by atoms with Gasteiger partial charge in [0.15, 0.2) is 11.6 Å². The zero-order valence-corrected chi connectivity index (χ0v) is 10.3. The highest BCUT2D eigenvalue weighted by molar-refractivity contribution is 6.25. The Balaban J connectivity index is 2.02. The van der Waals surface area contributed by atoms with Crippen molar-refractivity contribution in [3.05, 3.63) is 47.0 Å². The van der Waals surface area contributed by atoms with Gasteiger partial charge in [0.25, 0.3) is 0 Å². The molecule has 0 spiro atoms. The van der Waals surface area contributed by atoms with E-state index in [-0.39, 0.29) is 0 Å². The molecule has 2 rings (SSSR count). The first-order valence-corrected chi connectivity index (χ1v) is 6.36. The number of halogens is 3. The smallest absolute Gasteiger partial charge is 0.159 e. The van der Waals surface area contributed by atoms with Crippen molar-refractivity contribution in [2.24, 2.45) is 5.92 Å². The summed E-state index contributed by atoms with van der Waals surface area (Å²) in [4.78, 5) is 0. The third-order valence-electron chi connectivity index (χ3n) is 3.53. The van der Waals surface area contributed by atoms with Gasteiger partial charge < -0.3 is 0 Å². The van der Waals surface area contributed by atoms with E-state index in [0.29, 0.717) is 11.8 Å². The molecule has 17 heavy (non-hydrogen) atoms. The summed E-state index contributed by atoms with van der Waals surface area (Å²) in [5, 5.41) is 0. The third-order valence-corrected chi connectivity index (χ3v) is 3.68. The van der Waals surface area contributed by atoms with Gasteiger partial charge in [-0.3, -0.25) is 0 Å². The maximum absolute atomic E-state index is 13.1. The predicted molar refractivity (Wildman–Crippen MR) is 66.1 cm³/mol. The van der Waals surface area contributed by atoms with Gasteiger partial charge in [0.1, 0.15) is 0 Å². The lowest BCUT2D eigenvalue weighted by atomic mass is 9.79. The molecule has 0 unspecified atom stereocenters. The zero-order chi connectivity index (χ0) is 12.3. The molecule has 3 heteroatoms. The summed E-state index contributed by atoms with van der Waals surface area (Å²) in [7, 11) is 0. The number of hydrogen-bond donors (Lipinski definition) is 0. The van der Waals surface area contributed by atoms with E-state index in [1.165, 1.54) is 12.1 Å². The molecule has 1 aliphatic rings. The van der Waals surface area contributed by atoms with Crippen LogP contribution in [0.3, 0.4) is 0 Å². The molecule has 92 valence electrons. The molecule has 1 aromatic rings. The summed E-state index contributed by atoms with van der Waals surface area (Å²) >= 11 is 5.55. The van der Waals surface area contributed by atoms with Crippen molar-refractivity contribution in [3.8, 4) is 0 Å². The second kappa shape index (κ2) is 5.63. The molecule has 0 aromatic heterocycles. The first kappa shape index (κ1) is 12.6. The van der Waals surface area contributed by atoms with E-state index in [2.05, 4.69) is 0 Å². The maximum Gasteiger partial charge on any atom is 0.159 e. The Labute approximate surface area is 105 Å². The van der Waals surface area contributed by atoms with Crippen LogP contribution in [0.2, 0.25) is 0 Å². The Morgan fingerprint density at radius 1 is 1.06 bits per heavy atom. The average molecular weight is 257 g/mol. The van der Waals surface area contributed by atoms with Gasteiger partial charge in [0.05, 0.1) is 0 Å². The lowest BCUT2D eigenvalue weighted by Crippen LogP contribution is -2.12. The fraction of sp³-hybridized carbons (Fsp3) is 0.429. The van der Waals surface area contributed by atoms with Crippen LogP contribution in [-0.2, 0) is 0 Å². The van der Waals surface area contributed by atoms with E-state index in [1.807, 2.05) is 6.08 Å². The average Bonchev–Trinajstić information content (AvgIpc) is 2.34. The highest BCUT2D eigenvalue weighted by Gasteiger charge is 2.21. The molecule has 0 atom stereocenters. The fourth-order valence-corrected chi connectivity index (χ4v) is 2.72. The van der Waals surface area contributed by atoms with Crippen LogP contribution in [0.25, 0.3) is 0 Å². The molecular weight excluding hydrogens is 242 g/mol. The van der Waals surface area contributed by atoms with E-state index < -0.39 is 11.6 Å². The van der Waals surface area contributed by atoms with Crippen molar-refractivity contribution in [3.63, 3.8) is 0 Å². The summed E-state index contributed by atoms with van der Waals surface area (Å²) in [6.07, 6.45) is 6.16. The molecule has 0 heterocycles. The largest absolute Gasteiger partial charge is 0.204 e. The summed E-state index contributed by atoms with van der Waals surface area (Å²) in [6.45, 7) is 0. The minimum Gasteiger partial charge on any atom is -0.204 e. The lowest BCUT2D eigenvalue weighted by molar-refractivity contribution is 0.374. The van der Waals surface area contributed by atoms with Crippen LogP contribution in [0.15, 0.2) is 29.8 Å². The Kier molecular flexibility index (Phi) is 4.16. The minimum atomic E-state index is -0.771. The Morgan fingerprint density at radius 2 is 1.76 bits per heavy atom. The number of benzene rings is 1. The monoisotopic (exact) mass is 256 g/mol. The van der Waals surface area contributed by atoms with E-state index in [1.54, 1.807) is 11.6 Å². The summed E-state index contributed by atoms with van der Waals surface area (Å²) in [5.41, 5.74) is 2.49. The summed E-state index contributed by atoms with van der Waals surface area (Å²) < 4.78 is 26.0. The molecule has 1 aliphatic carbocycles. The van der Waals surface area contributed by atoms with Crippen molar-refractivity contribution in [1.82, 2.24) is 0 Å². The first-order chi connectivity index (χ1) is 8.20. The Morgan fingerprint density at radius 3 is 2.35 bits per heavy atom. The van der Waals surface area contributed by atoms with Gasteiger partial charge in [-0.15, -0.1) is 0 Å². The highest BCUT2D eigenvalue weighted by atomic mass is 35.5. The number of allylic oxidation sites excluding steroid dienone is 1. The van der Waals surface area contributed by atoms with Crippen LogP contribution < -0.4 is 0 Å². The number of rotatable bonds is 2. The molecule has 1 saturated carbocycles. The molecule has 1 aromatic carbocycles. The molecule has 1 fully saturated rings. The number of hydrogen-bond acceptors (Lipinski definition) is 0. The normalized spacial score (nSPS) is 25.4. The lowest BCUT2D eigenvalue weighted by Gasteiger charge is -2.27. The van der Waals surface area contributed by atoms with E-state index >= 15 is 0 Å². The van der Waals surface area contributed by atoms with E-state index in [0.717, 1.165) is 31.2 Å². The zero-order valence-electron chi connectivity index (χ0n) is 9.50. The van der Waals surface area contributed by atoms with Crippen molar-refractivity contribution in [2.75, 3.05) is 0 Å². The van der Waals surface area contributed by atoms with Gasteiger partial charge in [-0.1, -0.05) is 23.7 Å². The quantitative estimate of drug-likeness (QED) is 0.699. The van der Waals surface area contributed by atoms with Gasteiger partial charge in [-0.2, -0.15) is 0 Å². The Hall–Kier alpha value is -0.890. The van der Waals surface area contributed by atoms with Crippen molar-refractivity contribution >= 4 is 11.6 Å². The van der Waals surface area contributed by atoms with Crippen LogP contribution in [0, 0.1) is 17.6 Å². The van der Waals surface area contributed by atoms with Crippen LogP contribution in [0.1, 0.15) is 37.2 Å². The SMILES string of the molecule is Fc1ccc(C2CCC(C=CCl)CC2)cc1F. The van der Waals surface area contributed by atoms with Crippen LogP contribution in [-0.4, -0.2) is 0 Å². The van der Waals surface area contributed by atoms with Crippen molar-refractivity contribution in [2.45, 2.75) is 31.6 Å². The van der Waals surface area contributed by atoms with Gasteiger partial charge in [-0.25, -0.2) is 8.78 Å². The highest BCUT2D eigenvalue weighted by Crippen LogP contribution is 2.36. The molecule has 0 saturated heterocycles. The van der Waals surface area contributed by atoms with Crippen molar-refractivity contribution in [1.29, 1.82) is 0 Å². The van der Waals surface area contributed by atoms with Crippen molar-refractivity contribution < 1.29 is 8.78 Å². The van der Waals surface area contributed by atoms with Crippen LogP contribution in [0.5, 0.6) is 0 Å². The van der Waals surface area contributed by atoms with Gasteiger partial charge in [0.2, 0.25) is 0 Å². The predicted octanol–water partition coefficient (Wildman–Crippen LogP) is 4.99. The molecule has 0 nitrogen and oxygen atoms in total. The van der Waals surface area contributed by atoms with Crippen LogP contribution >= 0.6 is 11.6 Å². The second-order valence-corrected chi connectivity index (χ2v) is 4.86. The fourth-order valence-electron chi connectivity index (χ4n) is 2.51. The first-order valence-electron chi connectivity index (χ1n) is 5.92. The molecule has 0 N–H and O–H groups in total. The molecular formula is C14H15ClF2. The van der Waals surface area contributed by atoms with Gasteiger partial charge in [-0.05, 0) is 55.2 Å². The standard InChI is InChI=1S/C14H15ClF2/c15-8-7-10-1-3-11(4-2-10)12-5-6-13(16)14(17)9-12/h5-11H,1-4H2. The third kappa shape index (κ3) is 3.06. The molecule has 0 radical (unpaired) electrons. The summed E-state index contributed by atoms with van der Waals surface area (Å²) in [5.74, 6) is -0.628.